The van der Waals surface area contributed by atoms with Crippen LogP contribution in [0, 0.1) is 0 Å². The van der Waals surface area contributed by atoms with Gasteiger partial charge in [-0.1, -0.05) is 41.6 Å². The molecule has 0 saturated carbocycles. The van der Waals surface area contributed by atoms with Gasteiger partial charge in [-0.05, 0) is 36.1 Å². The highest BCUT2D eigenvalue weighted by molar-refractivity contribution is 7.84. The van der Waals surface area contributed by atoms with Gasteiger partial charge >= 0.3 is 0 Å². The lowest BCUT2D eigenvalue weighted by Crippen LogP contribution is -1.93. The smallest absolute Gasteiger partial charge is 0.147 e. The summed E-state index contributed by atoms with van der Waals surface area (Å²) < 4.78 is 16.2. The molecule has 0 aliphatic rings. The van der Waals surface area contributed by atoms with Gasteiger partial charge in [-0.3, -0.25) is 4.21 Å². The highest BCUT2D eigenvalue weighted by atomic mass is 32.2. The Hall–Kier alpha value is -2.40. The molecule has 0 bridgehead atoms. The number of aryl methyl sites for hydroxylation is 2. The van der Waals surface area contributed by atoms with Gasteiger partial charge in [-0.15, -0.1) is 0 Å². The summed E-state index contributed by atoms with van der Waals surface area (Å²) in [5.41, 5.74) is 10.5. The van der Waals surface area contributed by atoms with E-state index in [1.165, 1.54) is 17.4 Å². The van der Waals surface area contributed by atoms with Crippen LogP contribution in [0.15, 0.2) is 64.2 Å². The average Bonchev–Trinajstić information content (AvgIpc) is 3.00. The number of nitrogen functional groups attached to an aromatic ring is 1. The number of anilines is 1. The summed E-state index contributed by atoms with van der Waals surface area (Å²) in [6, 6.07) is 16.1. The van der Waals surface area contributed by atoms with Crippen LogP contribution in [0.2, 0.25) is 0 Å². The third-order valence-corrected chi connectivity index (χ3v) is 4.72. The molecule has 1 heterocycles. The van der Waals surface area contributed by atoms with Crippen molar-refractivity contribution in [3.63, 3.8) is 0 Å². The lowest BCUT2D eigenvalue weighted by molar-refractivity contribution is 0.422. The summed E-state index contributed by atoms with van der Waals surface area (Å²) in [5.74, 6) is 0. The first-order valence-electron chi connectivity index (χ1n) is 7.35. The van der Waals surface area contributed by atoms with E-state index in [0.29, 0.717) is 11.4 Å². The van der Waals surface area contributed by atoms with Crippen molar-refractivity contribution in [3.8, 4) is 11.3 Å². The normalized spacial score (nSPS) is 12.2. The van der Waals surface area contributed by atoms with E-state index in [1.54, 1.807) is 6.26 Å². The molecule has 0 amide bonds. The Morgan fingerprint density at radius 1 is 1.00 bits per heavy atom. The van der Waals surface area contributed by atoms with Crippen LogP contribution in [-0.4, -0.2) is 15.6 Å². The minimum Gasteiger partial charge on any atom is -0.394 e. The van der Waals surface area contributed by atoms with Gasteiger partial charge in [-0.25, -0.2) is 0 Å². The molecule has 2 aromatic carbocycles. The van der Waals surface area contributed by atoms with Crippen molar-refractivity contribution in [2.75, 3.05) is 12.0 Å². The van der Waals surface area contributed by atoms with Crippen molar-refractivity contribution in [2.45, 2.75) is 17.7 Å². The van der Waals surface area contributed by atoms with E-state index in [0.717, 1.165) is 23.3 Å². The zero-order chi connectivity index (χ0) is 16.2. The molecular weight excluding hydrogens is 308 g/mol. The van der Waals surface area contributed by atoms with Crippen LogP contribution in [0.25, 0.3) is 11.3 Å². The molecule has 0 fully saturated rings. The number of benzene rings is 2. The summed E-state index contributed by atoms with van der Waals surface area (Å²) in [6.07, 6.45) is 5.03. The van der Waals surface area contributed by atoms with Crippen LogP contribution in [0.5, 0.6) is 0 Å². The number of aromatic nitrogens is 1. The summed E-state index contributed by atoms with van der Waals surface area (Å²) in [5, 5.41) is 3.91. The highest BCUT2D eigenvalue weighted by Crippen LogP contribution is 2.24. The van der Waals surface area contributed by atoms with Gasteiger partial charge in [0.05, 0.1) is 0 Å². The van der Waals surface area contributed by atoms with Gasteiger partial charge in [0.25, 0.3) is 0 Å². The lowest BCUT2D eigenvalue weighted by Gasteiger charge is -2.05. The molecule has 118 valence electrons. The van der Waals surface area contributed by atoms with E-state index in [9.17, 15) is 4.21 Å². The molecule has 5 heteroatoms. The Bertz CT molecular complexity index is 808. The molecule has 0 spiro atoms. The number of rotatable bonds is 5. The summed E-state index contributed by atoms with van der Waals surface area (Å²) in [7, 11) is -0.920. The van der Waals surface area contributed by atoms with Gasteiger partial charge in [0.2, 0.25) is 0 Å². The molecule has 0 aliphatic heterocycles. The third-order valence-electron chi connectivity index (χ3n) is 3.78. The fourth-order valence-electron chi connectivity index (χ4n) is 2.43. The standard InChI is InChI=1S/C18H18N2O2S/c1-23(21)16-10-6-14(7-11-16)3-2-13-4-8-15(9-5-13)18-17(19)12-22-20-18/h4-12H,2-3,19H2,1H3. The zero-order valence-corrected chi connectivity index (χ0v) is 13.7. The van der Waals surface area contributed by atoms with Crippen LogP contribution in [0.4, 0.5) is 5.69 Å². The summed E-state index contributed by atoms with van der Waals surface area (Å²) in [4.78, 5) is 0.864. The van der Waals surface area contributed by atoms with E-state index in [1.807, 2.05) is 36.4 Å². The number of hydrogen-bond acceptors (Lipinski definition) is 4. The van der Waals surface area contributed by atoms with Crippen molar-refractivity contribution in [3.05, 3.63) is 65.9 Å². The van der Waals surface area contributed by atoms with Crippen LogP contribution < -0.4 is 5.73 Å². The quantitative estimate of drug-likeness (QED) is 0.780. The first kappa shape index (κ1) is 15.5. The second kappa shape index (κ2) is 6.79. The number of nitrogens with two attached hydrogens (primary N) is 1. The zero-order valence-electron chi connectivity index (χ0n) is 12.9. The van der Waals surface area contributed by atoms with Gasteiger partial charge in [0, 0.05) is 27.5 Å². The molecule has 0 saturated heterocycles. The average molecular weight is 326 g/mol. The monoisotopic (exact) mass is 326 g/mol. The van der Waals surface area contributed by atoms with Crippen molar-refractivity contribution in [2.24, 2.45) is 0 Å². The lowest BCUT2D eigenvalue weighted by atomic mass is 10.0. The van der Waals surface area contributed by atoms with Crippen molar-refractivity contribution in [1.29, 1.82) is 0 Å². The maximum atomic E-state index is 11.4. The predicted octanol–water partition coefficient (Wildman–Crippen LogP) is 3.45. The Labute approximate surface area is 137 Å². The van der Waals surface area contributed by atoms with Crippen molar-refractivity contribution in [1.82, 2.24) is 5.16 Å². The molecule has 1 atom stereocenters. The van der Waals surface area contributed by atoms with Gasteiger partial charge in [0.15, 0.2) is 0 Å². The topological polar surface area (TPSA) is 69.1 Å². The van der Waals surface area contributed by atoms with Gasteiger partial charge < -0.3 is 10.3 Å². The maximum absolute atomic E-state index is 11.4. The Morgan fingerprint density at radius 2 is 1.57 bits per heavy atom. The first-order valence-corrected chi connectivity index (χ1v) is 8.91. The van der Waals surface area contributed by atoms with Crippen LogP contribution >= 0.6 is 0 Å². The SMILES string of the molecule is CS(=O)c1ccc(CCc2ccc(-c3nocc3N)cc2)cc1. The Balaban J connectivity index is 1.64. The van der Waals surface area contributed by atoms with E-state index in [4.69, 9.17) is 10.3 Å². The highest BCUT2D eigenvalue weighted by Gasteiger charge is 2.07. The molecule has 0 aliphatic carbocycles. The van der Waals surface area contributed by atoms with E-state index in [2.05, 4.69) is 17.3 Å². The van der Waals surface area contributed by atoms with Gasteiger partial charge in [-0.2, -0.15) is 0 Å². The molecule has 1 aromatic heterocycles. The molecule has 3 rings (SSSR count). The first-order chi connectivity index (χ1) is 11.1. The van der Waals surface area contributed by atoms with E-state index in [-0.39, 0.29) is 0 Å². The van der Waals surface area contributed by atoms with Crippen LogP contribution in [0.3, 0.4) is 0 Å². The molecule has 23 heavy (non-hydrogen) atoms. The van der Waals surface area contributed by atoms with Crippen LogP contribution in [-0.2, 0) is 23.6 Å². The van der Waals surface area contributed by atoms with Crippen molar-refractivity contribution >= 4 is 16.5 Å². The number of hydrogen-bond donors (Lipinski definition) is 1. The Kier molecular flexibility index (Phi) is 4.57. The Morgan fingerprint density at radius 3 is 2.04 bits per heavy atom. The second-order valence-corrected chi connectivity index (χ2v) is 6.79. The fraction of sp³-hybridized carbons (Fsp3) is 0.167. The van der Waals surface area contributed by atoms with Crippen molar-refractivity contribution < 1.29 is 8.73 Å². The molecule has 1 unspecified atom stereocenters. The molecule has 0 radical (unpaired) electrons. The summed E-state index contributed by atoms with van der Waals surface area (Å²) in [6.45, 7) is 0. The van der Waals surface area contributed by atoms with E-state index < -0.39 is 10.8 Å². The van der Waals surface area contributed by atoms with Crippen LogP contribution in [0.1, 0.15) is 11.1 Å². The second-order valence-electron chi connectivity index (χ2n) is 5.41. The largest absolute Gasteiger partial charge is 0.394 e. The predicted molar refractivity (Wildman–Crippen MR) is 92.5 cm³/mol. The van der Waals surface area contributed by atoms with E-state index >= 15 is 0 Å². The minimum absolute atomic E-state index is 0.547. The maximum Gasteiger partial charge on any atom is 0.147 e. The molecular formula is C18H18N2O2S. The molecule has 4 nitrogen and oxygen atoms in total. The molecule has 3 aromatic rings. The van der Waals surface area contributed by atoms with Gasteiger partial charge in [0.1, 0.15) is 17.6 Å². The molecule has 2 N–H and O–H groups in total. The fourth-order valence-corrected chi connectivity index (χ4v) is 2.95. The minimum atomic E-state index is -0.920. The third kappa shape index (κ3) is 3.68. The number of nitrogens with zero attached hydrogens (tertiary/aromatic N) is 1. The summed E-state index contributed by atoms with van der Waals surface area (Å²) >= 11 is 0.